The van der Waals surface area contributed by atoms with Crippen molar-refractivity contribution >= 4 is 34.9 Å². The van der Waals surface area contributed by atoms with Gasteiger partial charge in [-0.05, 0) is 65.6 Å². The molecule has 4 N–H and O–H groups in total. The van der Waals surface area contributed by atoms with E-state index in [9.17, 15) is 35.0 Å². The van der Waals surface area contributed by atoms with E-state index in [-0.39, 0.29) is 45.7 Å². The number of amides is 1. The Balaban J connectivity index is 0.000000183. The third-order valence-corrected chi connectivity index (χ3v) is 6.11. The molecule has 1 aliphatic rings. The summed E-state index contributed by atoms with van der Waals surface area (Å²) in [5, 5.41) is 42.1. The first kappa shape index (κ1) is 26.6. The number of nitro benzene ring substituents is 1. The number of nitrogens with one attached hydrogen (secondary N) is 1. The lowest BCUT2D eigenvalue weighted by atomic mass is 9.87. The van der Waals surface area contributed by atoms with E-state index >= 15 is 0 Å². The molecule has 39 heavy (non-hydrogen) atoms. The summed E-state index contributed by atoms with van der Waals surface area (Å²) < 4.78 is 0. The molecule has 0 radical (unpaired) electrons. The molecule has 1 unspecified atom stereocenters. The summed E-state index contributed by atoms with van der Waals surface area (Å²) in [4.78, 5) is 33.8. The Morgan fingerprint density at radius 2 is 1.56 bits per heavy atom. The fraction of sp³-hybridized carbons (Fsp3) is 0.0667. The molecular formula is C30H24N2O7. The molecule has 1 aliphatic heterocycles. The van der Waals surface area contributed by atoms with Crippen LogP contribution in [-0.2, 0) is 16.0 Å². The molecule has 0 fully saturated rings. The Bertz CT molecular complexity index is 1580. The van der Waals surface area contributed by atoms with Crippen LogP contribution in [0.4, 0.5) is 11.4 Å². The van der Waals surface area contributed by atoms with Gasteiger partial charge in [0.2, 0.25) is 5.91 Å². The Kier molecular flexibility index (Phi) is 8.01. The van der Waals surface area contributed by atoms with Crippen molar-refractivity contribution < 1.29 is 29.8 Å². The number of para-hydroxylation sites is 2. The van der Waals surface area contributed by atoms with Crippen molar-refractivity contribution in [3.05, 3.63) is 129 Å². The summed E-state index contributed by atoms with van der Waals surface area (Å²) >= 11 is 0. The predicted molar refractivity (Wildman–Crippen MR) is 146 cm³/mol. The maximum absolute atomic E-state index is 12.1. The highest BCUT2D eigenvalue weighted by atomic mass is 16.6. The second-order valence-corrected chi connectivity index (χ2v) is 8.73. The zero-order chi connectivity index (χ0) is 27.9. The van der Waals surface area contributed by atoms with Gasteiger partial charge in [0.25, 0.3) is 5.69 Å². The van der Waals surface area contributed by atoms with Crippen molar-refractivity contribution in [3.63, 3.8) is 0 Å². The number of phenols is 2. The maximum Gasteiger partial charge on any atom is 0.336 e. The minimum absolute atomic E-state index is 0.0145. The number of benzene rings is 4. The first-order valence-corrected chi connectivity index (χ1v) is 11.9. The first-order chi connectivity index (χ1) is 18.7. The molecule has 4 aromatic rings. The number of hydrogen-bond donors (Lipinski definition) is 4. The van der Waals surface area contributed by atoms with Gasteiger partial charge in [-0.3, -0.25) is 14.9 Å². The van der Waals surface area contributed by atoms with E-state index in [1.165, 1.54) is 48.5 Å². The number of carbonyl (C=O) groups is 2. The van der Waals surface area contributed by atoms with Gasteiger partial charge >= 0.3 is 5.97 Å². The van der Waals surface area contributed by atoms with Gasteiger partial charge in [-0.2, -0.15) is 0 Å². The van der Waals surface area contributed by atoms with Gasteiger partial charge in [0.1, 0.15) is 11.5 Å². The molecule has 9 heteroatoms. The number of carboxylic acid groups (broad SMARTS) is 1. The summed E-state index contributed by atoms with van der Waals surface area (Å²) in [6, 6.07) is 26.3. The van der Waals surface area contributed by atoms with Crippen molar-refractivity contribution in [2.75, 3.05) is 5.32 Å². The number of carboxylic acids is 1. The van der Waals surface area contributed by atoms with Gasteiger partial charge < -0.3 is 20.6 Å². The average Bonchev–Trinajstić information content (AvgIpc) is 2.91. The van der Waals surface area contributed by atoms with E-state index in [0.717, 1.165) is 16.8 Å². The normalized spacial score (nSPS) is 14.3. The van der Waals surface area contributed by atoms with Gasteiger partial charge in [0.15, 0.2) is 0 Å². The van der Waals surface area contributed by atoms with Gasteiger partial charge in [0.05, 0.1) is 22.0 Å². The Morgan fingerprint density at radius 3 is 2.26 bits per heavy atom. The standard InChI is InChI=1S/C15H11NO5.C15H13NO2/c17-12-6-3-5-10(8-12)13(15(18)19)9-11-4-1-2-7-14(11)16(20)21;17-12-6-3-5-10(8-12)13-9-11-4-1-2-7-14(11)16-15(13)18/h1-9,17H,(H,18,19);1-8,13,17H,9H2,(H,16,18)/b13-9+;. The van der Waals surface area contributed by atoms with Crippen LogP contribution < -0.4 is 5.32 Å². The number of phenolic OH excluding ortho intramolecular Hbond substituents is 2. The molecule has 0 spiro atoms. The third kappa shape index (κ3) is 6.47. The second kappa shape index (κ2) is 11.7. The van der Waals surface area contributed by atoms with E-state index in [0.29, 0.717) is 6.42 Å². The highest BCUT2D eigenvalue weighted by molar-refractivity contribution is 6.21. The van der Waals surface area contributed by atoms with Crippen LogP contribution in [0.2, 0.25) is 0 Å². The summed E-state index contributed by atoms with van der Waals surface area (Å²) in [7, 11) is 0. The molecule has 4 aromatic carbocycles. The molecule has 0 bridgehead atoms. The highest BCUT2D eigenvalue weighted by Crippen LogP contribution is 2.32. The van der Waals surface area contributed by atoms with Gasteiger partial charge in [-0.25, -0.2) is 4.79 Å². The lowest BCUT2D eigenvalue weighted by Crippen LogP contribution is -2.28. The lowest BCUT2D eigenvalue weighted by Gasteiger charge is -2.24. The number of rotatable bonds is 5. The zero-order valence-electron chi connectivity index (χ0n) is 20.5. The number of hydrogen-bond acceptors (Lipinski definition) is 6. The Morgan fingerprint density at radius 1 is 0.897 bits per heavy atom. The number of anilines is 1. The molecule has 0 saturated heterocycles. The van der Waals surface area contributed by atoms with Crippen LogP contribution in [0.15, 0.2) is 97.1 Å². The third-order valence-electron chi connectivity index (χ3n) is 6.11. The van der Waals surface area contributed by atoms with Crippen LogP contribution >= 0.6 is 0 Å². The second-order valence-electron chi connectivity index (χ2n) is 8.73. The monoisotopic (exact) mass is 524 g/mol. The summed E-state index contributed by atoms with van der Waals surface area (Å²) in [5.74, 6) is -1.37. The van der Waals surface area contributed by atoms with E-state index in [4.69, 9.17) is 0 Å². The number of nitro groups is 1. The van der Waals surface area contributed by atoms with E-state index in [1.54, 1.807) is 24.3 Å². The number of aromatic hydroxyl groups is 2. The van der Waals surface area contributed by atoms with Crippen LogP contribution in [0.3, 0.4) is 0 Å². The molecule has 1 atom stereocenters. The number of fused-ring (bicyclic) bond motifs is 1. The zero-order valence-corrected chi connectivity index (χ0v) is 20.5. The van der Waals surface area contributed by atoms with Gasteiger partial charge in [-0.1, -0.05) is 54.6 Å². The highest BCUT2D eigenvalue weighted by Gasteiger charge is 2.27. The SMILES string of the molecule is O=C(O)/C(=C/c1ccccc1[N+](=O)[O-])c1cccc(O)c1.O=C1Nc2ccccc2CC1c1cccc(O)c1. The molecular weight excluding hydrogens is 500 g/mol. The smallest absolute Gasteiger partial charge is 0.336 e. The maximum atomic E-state index is 12.1. The van der Waals surface area contributed by atoms with Crippen LogP contribution in [0.1, 0.15) is 28.2 Å². The van der Waals surface area contributed by atoms with Crippen molar-refractivity contribution in [3.8, 4) is 11.5 Å². The summed E-state index contributed by atoms with van der Waals surface area (Å²) in [5.41, 5.74) is 2.99. The molecule has 5 rings (SSSR count). The van der Waals surface area contributed by atoms with Crippen LogP contribution in [-0.4, -0.2) is 32.1 Å². The molecule has 9 nitrogen and oxygen atoms in total. The van der Waals surface area contributed by atoms with Crippen molar-refractivity contribution in [1.82, 2.24) is 0 Å². The molecule has 0 aliphatic carbocycles. The minimum atomic E-state index is -1.24. The number of carbonyl (C=O) groups excluding carboxylic acids is 1. The van der Waals surface area contributed by atoms with Gasteiger partial charge in [-0.15, -0.1) is 0 Å². The summed E-state index contributed by atoms with van der Waals surface area (Å²) in [6.45, 7) is 0. The number of aliphatic carboxylic acids is 1. The first-order valence-electron chi connectivity index (χ1n) is 11.9. The van der Waals surface area contributed by atoms with E-state index in [2.05, 4.69) is 5.32 Å². The van der Waals surface area contributed by atoms with Gasteiger partial charge in [0, 0.05) is 11.8 Å². The minimum Gasteiger partial charge on any atom is -0.508 e. The molecule has 1 heterocycles. The van der Waals surface area contributed by atoms with Crippen LogP contribution in [0, 0.1) is 10.1 Å². The lowest BCUT2D eigenvalue weighted by molar-refractivity contribution is -0.385. The largest absolute Gasteiger partial charge is 0.508 e. The molecule has 1 amide bonds. The Labute approximate surface area is 223 Å². The van der Waals surface area contributed by atoms with Crippen molar-refractivity contribution in [1.29, 1.82) is 0 Å². The average molecular weight is 525 g/mol. The fourth-order valence-electron chi connectivity index (χ4n) is 4.24. The predicted octanol–water partition coefficient (Wildman–Crippen LogP) is 5.60. The van der Waals surface area contributed by atoms with Crippen LogP contribution in [0.25, 0.3) is 11.6 Å². The molecule has 0 saturated carbocycles. The quantitative estimate of drug-likeness (QED) is 0.115. The fourth-order valence-corrected chi connectivity index (χ4v) is 4.24. The van der Waals surface area contributed by atoms with Crippen molar-refractivity contribution in [2.24, 2.45) is 0 Å². The Hall–Kier alpha value is -5.44. The molecule has 196 valence electrons. The van der Waals surface area contributed by atoms with Crippen LogP contribution in [0.5, 0.6) is 11.5 Å². The van der Waals surface area contributed by atoms with Crippen molar-refractivity contribution in [2.45, 2.75) is 12.3 Å². The number of nitrogens with zero attached hydrogens (tertiary/aromatic N) is 1. The summed E-state index contributed by atoms with van der Waals surface area (Å²) in [6.07, 6.45) is 1.89. The topological polar surface area (TPSA) is 150 Å². The van der Waals surface area contributed by atoms with E-state index in [1.807, 2.05) is 30.3 Å². The molecule has 0 aromatic heterocycles. The van der Waals surface area contributed by atoms with E-state index < -0.39 is 10.9 Å².